The molecule has 4 saturated heterocycles. The Kier molecular flexibility index (Phi) is 17.4. The fraction of sp³-hybridized carbons (Fsp3) is 0.818. The predicted octanol–water partition coefficient (Wildman–Crippen LogP) is 4.25. The van der Waals surface area contributed by atoms with Crippen LogP contribution < -0.4 is 0 Å². The van der Waals surface area contributed by atoms with E-state index < -0.39 is 28.3 Å². The van der Waals surface area contributed by atoms with E-state index in [-0.39, 0.29) is 98.5 Å². The van der Waals surface area contributed by atoms with Crippen LogP contribution in [0.25, 0.3) is 9.69 Å². The van der Waals surface area contributed by atoms with Crippen LogP contribution in [0.3, 0.4) is 0 Å². The Morgan fingerprint density at radius 1 is 0.763 bits per heavy atom. The van der Waals surface area contributed by atoms with E-state index in [1.807, 2.05) is 41.0 Å². The maximum Gasteiger partial charge on any atom is 0.238 e. The molecule has 0 N–H and O–H groups in total. The molecule has 16 heteroatoms. The first-order valence-corrected chi connectivity index (χ1v) is 14.9. The Balaban J connectivity index is 0.000000361. The summed E-state index contributed by atoms with van der Waals surface area (Å²) in [4.78, 5) is 27.3. The van der Waals surface area contributed by atoms with Crippen molar-refractivity contribution in [2.75, 3.05) is 39.6 Å². The Morgan fingerprint density at radius 2 is 1.13 bits per heavy atom. The van der Waals surface area contributed by atoms with Crippen LogP contribution in [-0.4, -0.2) is 75.6 Å². The molecule has 0 aliphatic carbocycles. The van der Waals surface area contributed by atoms with Crippen molar-refractivity contribution in [2.45, 2.75) is 63.7 Å². The molecule has 0 radical (unpaired) electrons. The van der Waals surface area contributed by atoms with Gasteiger partial charge in [0.25, 0.3) is 0 Å². The third-order valence-electron chi connectivity index (χ3n) is 5.83. The van der Waals surface area contributed by atoms with E-state index in [2.05, 4.69) is 9.69 Å². The Hall–Kier alpha value is 1.54. The van der Waals surface area contributed by atoms with Gasteiger partial charge in [-0.1, -0.05) is 27.7 Å². The van der Waals surface area contributed by atoms with Crippen LogP contribution in [0.15, 0.2) is 0 Å². The largest absolute Gasteiger partial charge is 0.520 e. The molecular weight excluding hydrogens is 990 g/mol. The molecule has 0 amide bonds. The minimum absolute atomic E-state index is 0. The summed E-state index contributed by atoms with van der Waals surface area (Å²) in [5, 5.41) is 0. The fourth-order valence-electron chi connectivity index (χ4n) is 3.82. The van der Waals surface area contributed by atoms with Gasteiger partial charge in [0, 0.05) is 99.6 Å². The van der Waals surface area contributed by atoms with Gasteiger partial charge >= 0.3 is 0 Å². The average Bonchev–Trinajstić information content (AvgIpc) is 3.59. The second kappa shape index (κ2) is 17.6. The van der Waals surface area contributed by atoms with Gasteiger partial charge in [-0.15, -0.1) is 0 Å². The molecule has 0 aromatic carbocycles. The van der Waals surface area contributed by atoms with Crippen LogP contribution in [0.4, 0.5) is 0 Å². The molecule has 0 aromatic heterocycles. The van der Waals surface area contributed by atoms with E-state index in [1.54, 1.807) is 13.2 Å². The summed E-state index contributed by atoms with van der Waals surface area (Å²) >= 11 is 0. The summed E-state index contributed by atoms with van der Waals surface area (Å²) in [5.41, 5.74) is 0. The Morgan fingerprint density at radius 3 is 1.39 bits per heavy atom. The number of rotatable bonds is 12. The zero-order valence-electron chi connectivity index (χ0n) is 22.3. The van der Waals surface area contributed by atoms with Crippen molar-refractivity contribution >= 4 is 16.8 Å². The molecule has 4 heterocycles. The van der Waals surface area contributed by atoms with E-state index in [0.717, 1.165) is 0 Å². The molecule has 8 atom stereocenters. The minimum Gasteiger partial charge on any atom is -0.520 e. The average molecular weight is 1020 g/mol. The first kappa shape index (κ1) is 37.6. The second-order valence-corrected chi connectivity index (χ2v) is 11.6. The molecular formula is C22H34N2O10P2U2-2. The number of ether oxygens (including phenoxy) is 2. The Bertz CT molecular complexity index is 723. The molecule has 2 unspecified atom stereocenters. The second-order valence-electron chi connectivity index (χ2n) is 8.91. The van der Waals surface area contributed by atoms with Crippen molar-refractivity contribution in [2.24, 2.45) is 11.8 Å². The van der Waals surface area contributed by atoms with Crippen molar-refractivity contribution in [3.05, 3.63) is 36.0 Å². The van der Waals surface area contributed by atoms with Crippen LogP contribution >= 0.6 is 16.8 Å². The normalized spacial score (nSPS) is 34.1. The predicted molar refractivity (Wildman–Crippen MR) is 128 cm³/mol. The van der Waals surface area contributed by atoms with Gasteiger partial charge < -0.3 is 37.3 Å². The molecule has 212 valence electrons. The zero-order chi connectivity index (χ0) is 26.3. The maximum atomic E-state index is 6.68. The summed E-state index contributed by atoms with van der Waals surface area (Å²) in [7, 11) is -2.15. The molecule has 0 spiro atoms. The summed E-state index contributed by atoms with van der Waals surface area (Å²) in [6.45, 7) is 29.7. The molecule has 38 heavy (non-hydrogen) atoms. The van der Waals surface area contributed by atoms with Crippen LogP contribution in [-0.2, 0) is 47.1 Å². The van der Waals surface area contributed by atoms with Gasteiger partial charge in [-0.3, -0.25) is 9.78 Å². The van der Waals surface area contributed by atoms with E-state index in [0.29, 0.717) is 26.3 Å². The van der Waals surface area contributed by atoms with Crippen LogP contribution in [0.2, 0.25) is 0 Å². The van der Waals surface area contributed by atoms with Crippen molar-refractivity contribution < 1.29 is 109 Å². The molecule has 0 saturated carbocycles. The smallest absolute Gasteiger partial charge is 0.238 e. The topological polar surface area (TPSA) is 101 Å². The van der Waals surface area contributed by atoms with Gasteiger partial charge in [-0.2, -0.15) is 13.2 Å². The summed E-state index contributed by atoms with van der Waals surface area (Å²) in [6.07, 6.45) is -1.27. The first-order chi connectivity index (χ1) is 17.2. The summed E-state index contributed by atoms with van der Waals surface area (Å²) in [5.74, 6) is -1.55. The van der Waals surface area contributed by atoms with Gasteiger partial charge in [-0.05, 0) is 0 Å². The molecule has 4 aliphatic heterocycles. The van der Waals surface area contributed by atoms with E-state index >= 15 is 0 Å². The van der Waals surface area contributed by atoms with Gasteiger partial charge in [0.05, 0.1) is 0 Å². The number of fused-ring (bicyclic) bond motifs is 4. The van der Waals surface area contributed by atoms with E-state index in [4.69, 9.17) is 60.3 Å². The van der Waals surface area contributed by atoms with Crippen LogP contribution in [0.1, 0.15) is 27.7 Å². The molecule has 12 nitrogen and oxygen atoms in total. The molecule has 4 aliphatic rings. The van der Waals surface area contributed by atoms with E-state index in [9.17, 15) is 0 Å². The quantitative estimate of drug-likeness (QED) is 0.122. The van der Waals surface area contributed by atoms with Gasteiger partial charge in [-0.25, -0.2) is 22.9 Å². The van der Waals surface area contributed by atoms with Crippen molar-refractivity contribution in [1.82, 2.24) is 0 Å². The van der Waals surface area contributed by atoms with Crippen molar-refractivity contribution in [3.8, 4) is 0 Å². The molecule has 0 aromatic rings. The minimum atomic E-state index is -1.08. The SMILES string of the molecule is [C-]#[N+]CCOP(C)O[C@H]1[C@@H]2[CH-]O[C@@]1(C(C)C)OO2.[C-]#[N+]CCOP(C)O[C@H]1[C@@H]2[CH-]O[C@@]1(C(C)C)OO2.[U].[U]. The third kappa shape index (κ3) is 8.79. The molecule has 4 fully saturated rings. The van der Waals surface area contributed by atoms with E-state index in [1.165, 1.54) is 0 Å². The van der Waals surface area contributed by atoms with Crippen LogP contribution in [0, 0.1) is 100 Å². The summed E-state index contributed by atoms with van der Waals surface area (Å²) < 4.78 is 33.7. The Labute approximate surface area is 275 Å². The maximum absolute atomic E-state index is 6.68. The van der Waals surface area contributed by atoms with Crippen molar-refractivity contribution in [3.63, 3.8) is 0 Å². The monoisotopic (exact) mass is 1020 g/mol. The number of hydrogen-bond acceptors (Lipinski definition) is 10. The summed E-state index contributed by atoms with van der Waals surface area (Å²) in [6, 6.07) is 0. The van der Waals surface area contributed by atoms with Crippen LogP contribution in [0.5, 0.6) is 0 Å². The number of nitrogens with zero attached hydrogens (tertiary/aromatic N) is 2. The number of hydrogen-bond donors (Lipinski definition) is 0. The van der Waals surface area contributed by atoms with Crippen molar-refractivity contribution in [1.29, 1.82) is 0 Å². The molecule has 4 rings (SSSR count). The first-order valence-electron chi connectivity index (χ1n) is 11.6. The molecule has 4 bridgehead atoms. The van der Waals surface area contributed by atoms with Gasteiger partial charge in [0.2, 0.25) is 24.7 Å². The van der Waals surface area contributed by atoms with Gasteiger partial charge in [0.15, 0.2) is 16.8 Å². The van der Waals surface area contributed by atoms with Gasteiger partial charge in [0.1, 0.15) is 25.4 Å². The third-order valence-corrected chi connectivity index (χ3v) is 7.97. The standard InChI is InChI=1S/2C11H17NO5P.2U/c2*1-8(2)11-10(9(7-13-11)15-17-11)16-18(4)14-6-5-12-3;;/h2*7-10H,5-6H2,1-2,4H3;;/q2*-1;;/t2*9-,10-,11-,18?;;/m00../s1. The zero-order valence-corrected chi connectivity index (χ0v) is 32.4. The fourth-order valence-corrected chi connectivity index (χ4v) is 5.80.